The minimum absolute atomic E-state index is 0.0306. The molecular weight excluding hydrogens is 442 g/mol. The second kappa shape index (κ2) is 9.97. The number of aliphatic hydroxyl groups is 1. The van der Waals surface area contributed by atoms with Gasteiger partial charge >= 0.3 is 5.97 Å². The number of anilines is 1. The normalized spacial score (nSPS) is 17.0. The van der Waals surface area contributed by atoms with Crippen LogP contribution in [0.4, 0.5) is 5.69 Å². The lowest BCUT2D eigenvalue weighted by molar-refractivity contribution is -0.132. The maximum absolute atomic E-state index is 13.3. The molecule has 0 radical (unpaired) electrons. The summed E-state index contributed by atoms with van der Waals surface area (Å²) in [6.07, 6.45) is 0.844. The lowest BCUT2D eigenvalue weighted by Gasteiger charge is -2.26. The van der Waals surface area contributed by atoms with Crippen molar-refractivity contribution in [3.8, 4) is 0 Å². The summed E-state index contributed by atoms with van der Waals surface area (Å²) in [7, 11) is 0. The molecule has 0 aromatic heterocycles. The van der Waals surface area contributed by atoms with Crippen LogP contribution in [0.25, 0.3) is 5.76 Å². The van der Waals surface area contributed by atoms with E-state index in [-0.39, 0.29) is 17.9 Å². The number of aryl methyl sites for hydroxylation is 2. The summed E-state index contributed by atoms with van der Waals surface area (Å²) in [6.45, 7) is 5.91. The Morgan fingerprint density at radius 1 is 0.914 bits per heavy atom. The number of hydrogen-bond donors (Lipinski definition) is 1. The fourth-order valence-electron chi connectivity index (χ4n) is 4.31. The van der Waals surface area contributed by atoms with Crippen molar-refractivity contribution in [2.24, 2.45) is 0 Å². The first-order valence-corrected chi connectivity index (χ1v) is 11.6. The number of ether oxygens (including phenoxy) is 1. The number of Topliss-reactive ketones (excluding diaryl/α,β-unsaturated/α-hetero) is 1. The van der Waals surface area contributed by atoms with Gasteiger partial charge in [-0.3, -0.25) is 14.5 Å². The van der Waals surface area contributed by atoms with Crippen LogP contribution in [0.1, 0.15) is 52.5 Å². The van der Waals surface area contributed by atoms with Gasteiger partial charge in [0.25, 0.3) is 11.7 Å². The largest absolute Gasteiger partial charge is 0.507 e. The quantitative estimate of drug-likeness (QED) is 0.227. The van der Waals surface area contributed by atoms with Gasteiger partial charge in [-0.05, 0) is 61.2 Å². The second-order valence-electron chi connectivity index (χ2n) is 8.34. The fraction of sp³-hybridized carbons (Fsp3) is 0.207. The molecule has 1 fully saturated rings. The van der Waals surface area contributed by atoms with E-state index in [1.165, 1.54) is 4.90 Å². The monoisotopic (exact) mass is 469 g/mol. The lowest BCUT2D eigenvalue weighted by atomic mass is 9.92. The first-order chi connectivity index (χ1) is 16.9. The van der Waals surface area contributed by atoms with Crippen LogP contribution in [0.15, 0.2) is 78.4 Å². The number of nitrogens with zero attached hydrogens (tertiary/aromatic N) is 1. The molecule has 0 aliphatic carbocycles. The molecule has 1 saturated heterocycles. The Balaban J connectivity index is 1.86. The Bertz CT molecular complexity index is 1310. The Morgan fingerprint density at radius 3 is 2.14 bits per heavy atom. The topological polar surface area (TPSA) is 83.9 Å². The van der Waals surface area contributed by atoms with Gasteiger partial charge in [-0.15, -0.1) is 0 Å². The first-order valence-electron chi connectivity index (χ1n) is 11.6. The minimum Gasteiger partial charge on any atom is -0.507 e. The van der Waals surface area contributed by atoms with Crippen molar-refractivity contribution < 1.29 is 24.2 Å². The van der Waals surface area contributed by atoms with Crippen LogP contribution in [0.3, 0.4) is 0 Å². The Morgan fingerprint density at radius 2 is 1.54 bits per heavy atom. The molecule has 0 spiro atoms. The maximum Gasteiger partial charge on any atom is 0.338 e. The van der Waals surface area contributed by atoms with Crippen LogP contribution in [0.2, 0.25) is 0 Å². The molecule has 1 amide bonds. The number of carbonyl (C=O) groups is 3. The van der Waals surface area contributed by atoms with Gasteiger partial charge in [0.2, 0.25) is 0 Å². The molecule has 0 saturated carbocycles. The van der Waals surface area contributed by atoms with Crippen molar-refractivity contribution >= 4 is 29.1 Å². The van der Waals surface area contributed by atoms with E-state index in [4.69, 9.17) is 4.74 Å². The van der Waals surface area contributed by atoms with Gasteiger partial charge in [0.15, 0.2) is 0 Å². The first kappa shape index (κ1) is 24.0. The van der Waals surface area contributed by atoms with E-state index in [9.17, 15) is 19.5 Å². The molecule has 1 aliphatic heterocycles. The molecule has 4 rings (SSSR count). The molecule has 1 N–H and O–H groups in total. The number of benzene rings is 3. The average Bonchev–Trinajstić information content (AvgIpc) is 3.14. The molecule has 1 atom stereocenters. The number of esters is 1. The molecule has 1 aliphatic rings. The summed E-state index contributed by atoms with van der Waals surface area (Å²) < 4.78 is 5.04. The smallest absolute Gasteiger partial charge is 0.338 e. The van der Waals surface area contributed by atoms with Crippen molar-refractivity contribution in [1.82, 2.24) is 0 Å². The Hall–Kier alpha value is -4.19. The van der Waals surface area contributed by atoms with E-state index in [0.717, 1.165) is 23.1 Å². The number of carbonyl (C=O) groups excluding carboxylic acids is 3. The van der Waals surface area contributed by atoms with Crippen molar-refractivity contribution in [3.05, 3.63) is 106 Å². The molecule has 1 unspecified atom stereocenters. The summed E-state index contributed by atoms with van der Waals surface area (Å²) in [6, 6.07) is 20.3. The van der Waals surface area contributed by atoms with E-state index in [1.54, 1.807) is 43.3 Å². The average molecular weight is 470 g/mol. The van der Waals surface area contributed by atoms with Crippen LogP contribution in [0, 0.1) is 6.92 Å². The maximum atomic E-state index is 13.3. The van der Waals surface area contributed by atoms with Crippen LogP contribution < -0.4 is 4.90 Å². The van der Waals surface area contributed by atoms with Crippen molar-refractivity contribution in [2.75, 3.05) is 11.5 Å². The van der Waals surface area contributed by atoms with Gasteiger partial charge in [-0.1, -0.05) is 55.5 Å². The summed E-state index contributed by atoms with van der Waals surface area (Å²) in [4.78, 5) is 40.1. The molecule has 6 heteroatoms. The molecule has 3 aromatic rings. The summed E-state index contributed by atoms with van der Waals surface area (Å²) in [5.41, 5.74) is 3.98. The highest BCUT2D eigenvalue weighted by atomic mass is 16.5. The zero-order chi connectivity index (χ0) is 25.1. The van der Waals surface area contributed by atoms with Gasteiger partial charge in [-0.25, -0.2) is 4.79 Å². The van der Waals surface area contributed by atoms with Gasteiger partial charge in [0.05, 0.1) is 23.8 Å². The van der Waals surface area contributed by atoms with E-state index < -0.39 is 23.7 Å². The lowest BCUT2D eigenvalue weighted by Crippen LogP contribution is -2.29. The van der Waals surface area contributed by atoms with E-state index in [0.29, 0.717) is 16.8 Å². The number of rotatable bonds is 6. The Labute approximate surface area is 204 Å². The molecular formula is C29H27NO5. The van der Waals surface area contributed by atoms with Crippen molar-refractivity contribution in [2.45, 2.75) is 33.2 Å². The SMILES string of the molecule is CCOC(=O)c1ccc(N2C(=O)C(=O)/C(=C(/O)c3ccc(CC)cc3)C2c2ccccc2C)cc1. The van der Waals surface area contributed by atoms with Crippen LogP contribution in [0.5, 0.6) is 0 Å². The third-order valence-electron chi connectivity index (χ3n) is 6.22. The zero-order valence-corrected chi connectivity index (χ0v) is 19.9. The van der Waals surface area contributed by atoms with Crippen LogP contribution in [-0.2, 0) is 20.7 Å². The Kier molecular flexibility index (Phi) is 6.82. The highest BCUT2D eigenvalue weighted by Crippen LogP contribution is 2.43. The predicted molar refractivity (Wildman–Crippen MR) is 134 cm³/mol. The third kappa shape index (κ3) is 4.47. The molecule has 35 heavy (non-hydrogen) atoms. The van der Waals surface area contributed by atoms with Gasteiger partial charge in [0, 0.05) is 11.3 Å². The van der Waals surface area contributed by atoms with E-state index in [2.05, 4.69) is 0 Å². The minimum atomic E-state index is -0.824. The van der Waals surface area contributed by atoms with Gasteiger partial charge in [-0.2, -0.15) is 0 Å². The molecule has 3 aromatic carbocycles. The summed E-state index contributed by atoms with van der Waals surface area (Å²) in [5.74, 6) is -2.18. The van der Waals surface area contributed by atoms with Crippen LogP contribution >= 0.6 is 0 Å². The van der Waals surface area contributed by atoms with E-state index in [1.807, 2.05) is 50.2 Å². The van der Waals surface area contributed by atoms with Gasteiger partial charge in [0.1, 0.15) is 5.76 Å². The van der Waals surface area contributed by atoms with Gasteiger partial charge < -0.3 is 9.84 Å². The molecule has 6 nitrogen and oxygen atoms in total. The highest BCUT2D eigenvalue weighted by molar-refractivity contribution is 6.51. The summed E-state index contributed by atoms with van der Waals surface area (Å²) >= 11 is 0. The zero-order valence-electron chi connectivity index (χ0n) is 19.9. The predicted octanol–water partition coefficient (Wildman–Crippen LogP) is 5.36. The number of amides is 1. The second-order valence-corrected chi connectivity index (χ2v) is 8.34. The number of hydrogen-bond acceptors (Lipinski definition) is 5. The third-order valence-corrected chi connectivity index (χ3v) is 6.22. The highest BCUT2D eigenvalue weighted by Gasteiger charge is 2.47. The fourth-order valence-corrected chi connectivity index (χ4v) is 4.31. The number of aliphatic hydroxyl groups excluding tert-OH is 1. The molecule has 1 heterocycles. The van der Waals surface area contributed by atoms with E-state index >= 15 is 0 Å². The van der Waals surface area contributed by atoms with Crippen molar-refractivity contribution in [3.63, 3.8) is 0 Å². The molecule has 178 valence electrons. The number of ketones is 1. The van der Waals surface area contributed by atoms with Crippen molar-refractivity contribution in [1.29, 1.82) is 0 Å². The van der Waals surface area contributed by atoms with Crippen LogP contribution in [-0.4, -0.2) is 29.4 Å². The summed E-state index contributed by atoms with van der Waals surface area (Å²) in [5, 5.41) is 11.3. The molecule has 0 bridgehead atoms. The standard InChI is InChI=1S/C29H27NO5/c1-4-19-10-12-20(13-11-19)26(31)24-25(23-9-7-6-8-18(23)3)30(28(33)27(24)32)22-16-14-21(15-17-22)29(34)35-5-2/h6-17,25,31H,4-5H2,1-3H3/b26-24+.